The Balaban J connectivity index is 1.23. The number of benzene rings is 3. The molecule has 4 nitrogen and oxygen atoms in total. The summed E-state index contributed by atoms with van der Waals surface area (Å²) in [6.07, 6.45) is 8.66. The largest absolute Gasteiger partial charge is 0.393 e. The van der Waals surface area contributed by atoms with Gasteiger partial charge in [0.05, 0.1) is 11.5 Å². The van der Waals surface area contributed by atoms with E-state index >= 15 is 9.59 Å². The second kappa shape index (κ2) is 9.24. The van der Waals surface area contributed by atoms with Gasteiger partial charge in [-0.05, 0) is 90.0 Å². The van der Waals surface area contributed by atoms with E-state index in [4.69, 9.17) is 0 Å². The SMILES string of the molecule is C[C@]12CC[C@H](O)CC1=CC[C@@H]1[C@@H]2CC[C@]2(C)C(=O)[C@]3(C[C@@H]12)[C@@H](c1ccccc1)[C@@H]1CSCN1[C@@]31C(=O)c2cccc3cccc1c23. The van der Waals surface area contributed by atoms with Crippen molar-refractivity contribution in [2.75, 3.05) is 11.6 Å². The van der Waals surface area contributed by atoms with Crippen molar-refractivity contribution in [1.29, 1.82) is 0 Å². The number of ketones is 2. The Hall–Kier alpha value is -2.73. The number of nitrogens with zero attached hydrogens (tertiary/aromatic N) is 1. The highest BCUT2D eigenvalue weighted by Crippen LogP contribution is 2.77. The first-order valence-electron chi connectivity index (χ1n) is 17.7. The third-order valence-corrected chi connectivity index (χ3v) is 15.9. The Morgan fingerprint density at radius 3 is 2.50 bits per heavy atom. The number of rotatable bonds is 1. The molecule has 3 aromatic rings. The monoisotopic (exact) mass is 629 g/mol. The molecular weight excluding hydrogens is 587 g/mol. The van der Waals surface area contributed by atoms with Crippen LogP contribution in [0.1, 0.15) is 86.2 Å². The van der Waals surface area contributed by atoms with E-state index in [1.54, 1.807) is 0 Å². The van der Waals surface area contributed by atoms with Gasteiger partial charge in [-0.1, -0.05) is 92.2 Å². The van der Waals surface area contributed by atoms with Crippen molar-refractivity contribution in [1.82, 2.24) is 4.90 Å². The van der Waals surface area contributed by atoms with Gasteiger partial charge < -0.3 is 5.11 Å². The molecule has 5 fully saturated rings. The number of hydrogen-bond acceptors (Lipinski definition) is 5. The van der Waals surface area contributed by atoms with Crippen molar-refractivity contribution in [3.8, 4) is 0 Å². The zero-order valence-electron chi connectivity index (χ0n) is 26.9. The minimum absolute atomic E-state index is 0.0410. The maximum absolute atomic E-state index is 16.1. The average molecular weight is 630 g/mol. The van der Waals surface area contributed by atoms with Crippen LogP contribution in [-0.4, -0.2) is 45.3 Å². The van der Waals surface area contributed by atoms with Crippen molar-refractivity contribution in [3.05, 3.63) is 95.1 Å². The van der Waals surface area contributed by atoms with Gasteiger partial charge in [-0.3, -0.25) is 14.5 Å². The molecule has 0 radical (unpaired) electrons. The van der Waals surface area contributed by atoms with E-state index in [0.717, 1.165) is 78.5 Å². The standard InChI is InChI=1S/C41H43NO3S/c1-38-18-16-27(43)20-26(38)14-15-28-30(38)17-19-39(2)32(28)21-40(37(39)45)35(25-8-4-3-5-9-25)33-22-46-23-42(33)41(40)31-13-7-11-24-10-6-12-29(34(24)31)36(41)44/h3-14,27-28,30,32-33,35,43H,15-23H2,1-2H3/t27-,28+,30-,32-,33-,35-,38-,39-,40-,41-/m0/s1. The third-order valence-electron chi connectivity index (χ3n) is 14.9. The number of carbonyl (C=O) groups excluding carboxylic acids is 2. The number of allylic oxidation sites excluding steroid dienone is 1. The van der Waals surface area contributed by atoms with Crippen LogP contribution in [0.2, 0.25) is 0 Å². The molecule has 10 rings (SSSR count). The highest BCUT2D eigenvalue weighted by molar-refractivity contribution is 7.99. The zero-order chi connectivity index (χ0) is 31.2. The highest BCUT2D eigenvalue weighted by atomic mass is 32.2. The van der Waals surface area contributed by atoms with Gasteiger partial charge in [-0.25, -0.2) is 0 Å². The van der Waals surface area contributed by atoms with Gasteiger partial charge in [0.15, 0.2) is 5.78 Å². The average Bonchev–Trinajstić information content (AvgIpc) is 3.76. The molecule has 7 aliphatic rings. The lowest BCUT2D eigenvalue weighted by Crippen LogP contribution is -2.58. The number of carbonyl (C=O) groups is 2. The lowest BCUT2D eigenvalue weighted by atomic mass is 9.48. The molecule has 5 aliphatic carbocycles. The lowest BCUT2D eigenvalue weighted by molar-refractivity contribution is -0.141. The molecule has 1 N–H and O–H groups in total. The molecular formula is C41H43NO3S. The van der Waals surface area contributed by atoms with Crippen LogP contribution in [0.4, 0.5) is 0 Å². The zero-order valence-corrected chi connectivity index (χ0v) is 27.7. The summed E-state index contributed by atoms with van der Waals surface area (Å²) in [5.41, 5.74) is 2.37. The summed E-state index contributed by atoms with van der Waals surface area (Å²) in [5, 5.41) is 12.8. The number of hydrogen-bond donors (Lipinski definition) is 1. The quantitative estimate of drug-likeness (QED) is 0.278. The van der Waals surface area contributed by atoms with Crippen LogP contribution in [0, 0.1) is 34.0 Å². The lowest BCUT2D eigenvalue weighted by Gasteiger charge is -2.56. The Kier molecular flexibility index (Phi) is 5.68. The number of aliphatic hydroxyl groups excluding tert-OH is 1. The second-order valence-corrected chi connectivity index (χ2v) is 17.3. The maximum Gasteiger partial charge on any atom is 0.189 e. The third kappa shape index (κ3) is 3.04. The molecule has 2 heterocycles. The van der Waals surface area contributed by atoms with E-state index in [9.17, 15) is 5.11 Å². The summed E-state index contributed by atoms with van der Waals surface area (Å²) in [6, 6.07) is 23.6. The summed E-state index contributed by atoms with van der Waals surface area (Å²) in [7, 11) is 0. The number of aliphatic hydroxyl groups is 1. The molecule has 3 aromatic carbocycles. The van der Waals surface area contributed by atoms with Crippen LogP contribution < -0.4 is 0 Å². The number of Topliss-reactive ketones (excluding diaryl/α,β-unsaturated/α-hetero) is 2. The predicted octanol–water partition coefficient (Wildman–Crippen LogP) is 7.89. The smallest absolute Gasteiger partial charge is 0.189 e. The molecule has 5 heteroatoms. The van der Waals surface area contributed by atoms with Gasteiger partial charge in [-0.15, -0.1) is 11.8 Å². The first-order valence-corrected chi connectivity index (χ1v) is 18.8. The van der Waals surface area contributed by atoms with Gasteiger partial charge in [0, 0.05) is 34.6 Å². The van der Waals surface area contributed by atoms with Crippen molar-refractivity contribution in [3.63, 3.8) is 0 Å². The molecule has 10 atom stereocenters. The van der Waals surface area contributed by atoms with Crippen LogP contribution in [0.15, 0.2) is 78.4 Å². The fourth-order valence-electron chi connectivity index (χ4n) is 13.1. The van der Waals surface area contributed by atoms with Gasteiger partial charge >= 0.3 is 0 Å². The second-order valence-electron chi connectivity index (χ2n) is 16.3. The fraction of sp³-hybridized carbons (Fsp3) is 0.512. The highest BCUT2D eigenvalue weighted by Gasteiger charge is 2.82. The summed E-state index contributed by atoms with van der Waals surface area (Å²) >= 11 is 1.93. The van der Waals surface area contributed by atoms with Crippen molar-refractivity contribution < 1.29 is 14.7 Å². The molecule has 2 spiro atoms. The molecule has 0 amide bonds. The molecule has 3 saturated carbocycles. The van der Waals surface area contributed by atoms with Gasteiger partial charge in [0.1, 0.15) is 11.3 Å². The minimum Gasteiger partial charge on any atom is -0.393 e. The predicted molar refractivity (Wildman–Crippen MR) is 183 cm³/mol. The summed E-state index contributed by atoms with van der Waals surface area (Å²) in [6.45, 7) is 4.77. The molecule has 0 aromatic heterocycles. The van der Waals surface area contributed by atoms with E-state index < -0.39 is 16.4 Å². The normalized spacial score (nSPS) is 44.0. The van der Waals surface area contributed by atoms with Gasteiger partial charge in [-0.2, -0.15) is 0 Å². The van der Waals surface area contributed by atoms with E-state index in [-0.39, 0.29) is 35.2 Å². The topological polar surface area (TPSA) is 57.6 Å². The number of thioether (sulfide) groups is 1. The van der Waals surface area contributed by atoms with Crippen LogP contribution in [-0.2, 0) is 10.3 Å². The Labute approximate surface area is 276 Å². The number of fused-ring (bicyclic) bond motifs is 9. The van der Waals surface area contributed by atoms with E-state index in [0.29, 0.717) is 17.6 Å². The van der Waals surface area contributed by atoms with E-state index in [1.165, 1.54) is 11.1 Å². The van der Waals surface area contributed by atoms with Gasteiger partial charge in [0.25, 0.3) is 0 Å². The van der Waals surface area contributed by atoms with Crippen molar-refractivity contribution in [2.24, 2.45) is 34.0 Å². The van der Waals surface area contributed by atoms with Gasteiger partial charge in [0.2, 0.25) is 0 Å². The first kappa shape index (κ1) is 28.3. The van der Waals surface area contributed by atoms with E-state index in [1.807, 2.05) is 23.9 Å². The Morgan fingerprint density at radius 2 is 1.67 bits per heavy atom. The molecule has 46 heavy (non-hydrogen) atoms. The Morgan fingerprint density at radius 1 is 0.891 bits per heavy atom. The van der Waals surface area contributed by atoms with Crippen molar-refractivity contribution >= 4 is 34.1 Å². The fourth-order valence-corrected chi connectivity index (χ4v) is 14.4. The molecule has 2 aliphatic heterocycles. The molecule has 0 bridgehead atoms. The van der Waals surface area contributed by atoms with Crippen LogP contribution >= 0.6 is 11.8 Å². The first-order chi connectivity index (χ1) is 22.3. The molecule has 2 saturated heterocycles. The summed E-state index contributed by atoms with van der Waals surface area (Å²) in [5.74, 6) is 3.37. The van der Waals surface area contributed by atoms with Crippen LogP contribution in [0.3, 0.4) is 0 Å². The molecule has 0 unspecified atom stereocenters. The van der Waals surface area contributed by atoms with Crippen LogP contribution in [0.5, 0.6) is 0 Å². The van der Waals surface area contributed by atoms with E-state index in [2.05, 4.69) is 79.4 Å². The van der Waals surface area contributed by atoms with Crippen molar-refractivity contribution in [2.45, 2.75) is 82.4 Å². The van der Waals surface area contributed by atoms with Crippen LogP contribution in [0.25, 0.3) is 10.8 Å². The summed E-state index contributed by atoms with van der Waals surface area (Å²) < 4.78 is 0. The molecule has 236 valence electrons. The Bertz CT molecular complexity index is 1860. The minimum atomic E-state index is -0.994. The summed E-state index contributed by atoms with van der Waals surface area (Å²) in [4.78, 5) is 34.2. The maximum atomic E-state index is 16.1.